The Morgan fingerprint density at radius 1 is 1.00 bits per heavy atom. The van der Waals surface area contributed by atoms with Crippen LogP contribution < -0.4 is 4.90 Å². The number of aliphatic hydroxyl groups is 1. The van der Waals surface area contributed by atoms with Crippen LogP contribution >= 0.6 is 0 Å². The number of nitrogens with zero attached hydrogens (tertiary/aromatic N) is 3. The molecule has 2 aliphatic heterocycles. The molecule has 0 spiro atoms. The molecule has 0 radical (unpaired) electrons. The second-order valence-corrected chi connectivity index (χ2v) is 8.88. The van der Waals surface area contributed by atoms with Crippen LogP contribution in [0.1, 0.15) is 31.2 Å². The van der Waals surface area contributed by atoms with Crippen LogP contribution in [-0.2, 0) is 0 Å². The molecule has 0 aromatic heterocycles. The van der Waals surface area contributed by atoms with Gasteiger partial charge in [0.05, 0.1) is 5.60 Å². The molecule has 2 saturated heterocycles. The molecule has 0 saturated carbocycles. The molecule has 1 N–H and O–H groups in total. The first-order valence-corrected chi connectivity index (χ1v) is 10.8. The number of likely N-dealkylation sites (tertiary alicyclic amines) is 1. The first kappa shape index (κ1) is 20.2. The Morgan fingerprint density at radius 2 is 1.72 bits per heavy atom. The van der Waals surface area contributed by atoms with Crippen molar-refractivity contribution < 1.29 is 5.11 Å². The maximum Gasteiger partial charge on any atom is 0.0712 e. The third-order valence-electron chi connectivity index (χ3n) is 6.62. The SMILES string of the molecule is CN1CCN(c2cccc(C3=C(CC4(O)CCN(C)CC4)C=CC#CC3)c2)CC1. The van der Waals surface area contributed by atoms with Crippen molar-refractivity contribution in [2.45, 2.75) is 31.3 Å². The molecule has 1 aromatic rings. The van der Waals surface area contributed by atoms with Gasteiger partial charge in [-0.3, -0.25) is 0 Å². The molecule has 4 heteroatoms. The van der Waals surface area contributed by atoms with Gasteiger partial charge in [-0.2, -0.15) is 0 Å². The summed E-state index contributed by atoms with van der Waals surface area (Å²) in [6.07, 6.45) is 7.19. The summed E-state index contributed by atoms with van der Waals surface area (Å²) in [6, 6.07) is 8.91. The molecular formula is C25H33N3O. The second-order valence-electron chi connectivity index (χ2n) is 8.88. The second kappa shape index (κ2) is 8.75. The van der Waals surface area contributed by atoms with E-state index in [1.165, 1.54) is 22.4 Å². The zero-order valence-corrected chi connectivity index (χ0v) is 17.8. The highest BCUT2D eigenvalue weighted by molar-refractivity contribution is 5.76. The number of hydrogen-bond donors (Lipinski definition) is 1. The fourth-order valence-corrected chi connectivity index (χ4v) is 4.53. The minimum atomic E-state index is -0.614. The maximum absolute atomic E-state index is 11.2. The molecule has 29 heavy (non-hydrogen) atoms. The topological polar surface area (TPSA) is 30.0 Å². The summed E-state index contributed by atoms with van der Waals surface area (Å²) >= 11 is 0. The Bertz CT molecular complexity index is 844. The van der Waals surface area contributed by atoms with Gasteiger partial charge >= 0.3 is 0 Å². The lowest BCUT2D eigenvalue weighted by atomic mass is 9.82. The minimum absolute atomic E-state index is 0.614. The van der Waals surface area contributed by atoms with Gasteiger partial charge in [0.15, 0.2) is 0 Å². The van der Waals surface area contributed by atoms with Gasteiger partial charge in [0.2, 0.25) is 0 Å². The number of piperazine rings is 1. The first-order valence-electron chi connectivity index (χ1n) is 10.8. The molecule has 0 atom stereocenters. The van der Waals surface area contributed by atoms with Crippen LogP contribution in [0, 0.1) is 11.8 Å². The van der Waals surface area contributed by atoms with E-state index in [1.54, 1.807) is 0 Å². The van der Waals surface area contributed by atoms with Crippen LogP contribution in [0.3, 0.4) is 0 Å². The standard InChI is InChI=1S/C25H33N3O/c1-26-13-11-25(29,12-14-26)20-22-7-4-3-5-10-24(22)21-8-6-9-23(19-21)28-17-15-27(2)16-18-28/h4,6-9,19,29H,10-18,20H2,1-2H3. The number of rotatable bonds is 4. The van der Waals surface area contributed by atoms with Crippen molar-refractivity contribution in [3.8, 4) is 11.8 Å². The van der Waals surface area contributed by atoms with E-state index in [0.717, 1.165) is 58.5 Å². The Balaban J connectivity index is 1.61. The Hall–Kier alpha value is -2.06. The van der Waals surface area contributed by atoms with Crippen LogP contribution in [0.25, 0.3) is 5.57 Å². The Morgan fingerprint density at radius 3 is 2.48 bits per heavy atom. The summed E-state index contributed by atoms with van der Waals surface area (Å²) in [6.45, 7) is 6.26. The maximum atomic E-state index is 11.2. The van der Waals surface area contributed by atoms with Gasteiger partial charge in [0, 0.05) is 57.8 Å². The summed E-state index contributed by atoms with van der Waals surface area (Å²) in [5.41, 5.74) is 4.42. The zero-order chi connectivity index (χ0) is 20.3. The van der Waals surface area contributed by atoms with Gasteiger partial charge in [0.1, 0.15) is 0 Å². The van der Waals surface area contributed by atoms with Gasteiger partial charge in [-0.1, -0.05) is 30.0 Å². The fraction of sp³-hybridized carbons (Fsp3) is 0.520. The van der Waals surface area contributed by atoms with Gasteiger partial charge in [-0.25, -0.2) is 0 Å². The molecule has 3 aliphatic rings. The van der Waals surface area contributed by atoms with Gasteiger partial charge in [-0.15, -0.1) is 0 Å². The monoisotopic (exact) mass is 391 g/mol. The summed E-state index contributed by atoms with van der Waals surface area (Å²) in [4.78, 5) is 7.16. The number of piperidine rings is 1. The summed E-state index contributed by atoms with van der Waals surface area (Å²) in [7, 11) is 4.32. The summed E-state index contributed by atoms with van der Waals surface area (Å²) in [5.74, 6) is 6.42. The van der Waals surface area contributed by atoms with Crippen molar-refractivity contribution >= 4 is 11.3 Å². The molecule has 0 amide bonds. The summed E-state index contributed by atoms with van der Waals surface area (Å²) < 4.78 is 0. The predicted molar refractivity (Wildman–Crippen MR) is 121 cm³/mol. The Labute approximate surface area is 175 Å². The lowest BCUT2D eigenvalue weighted by Crippen LogP contribution is -2.44. The highest BCUT2D eigenvalue weighted by Gasteiger charge is 2.32. The summed E-state index contributed by atoms with van der Waals surface area (Å²) in [5, 5.41) is 11.2. The van der Waals surface area contributed by atoms with Crippen LogP contribution in [0.2, 0.25) is 0 Å². The van der Waals surface area contributed by atoms with Crippen LogP contribution in [0.4, 0.5) is 5.69 Å². The molecule has 0 unspecified atom stereocenters. The third-order valence-corrected chi connectivity index (χ3v) is 6.62. The van der Waals surface area contributed by atoms with E-state index in [0.29, 0.717) is 6.42 Å². The molecule has 0 bridgehead atoms. The van der Waals surface area contributed by atoms with Crippen LogP contribution in [-0.4, -0.2) is 73.9 Å². The van der Waals surface area contributed by atoms with E-state index in [9.17, 15) is 5.11 Å². The van der Waals surface area contributed by atoms with E-state index < -0.39 is 5.60 Å². The fourth-order valence-electron chi connectivity index (χ4n) is 4.53. The molecule has 4 nitrogen and oxygen atoms in total. The molecule has 1 aliphatic carbocycles. The van der Waals surface area contributed by atoms with Crippen molar-refractivity contribution in [2.75, 3.05) is 58.3 Å². The van der Waals surface area contributed by atoms with Crippen molar-refractivity contribution in [1.29, 1.82) is 0 Å². The van der Waals surface area contributed by atoms with E-state index >= 15 is 0 Å². The van der Waals surface area contributed by atoms with Crippen molar-refractivity contribution in [1.82, 2.24) is 9.80 Å². The number of anilines is 1. The normalized spacial score (nSPS) is 22.9. The van der Waals surface area contributed by atoms with Crippen molar-refractivity contribution in [3.63, 3.8) is 0 Å². The first-order chi connectivity index (χ1) is 14.0. The smallest absolute Gasteiger partial charge is 0.0712 e. The number of hydrogen-bond acceptors (Lipinski definition) is 4. The van der Waals surface area contributed by atoms with Gasteiger partial charge in [0.25, 0.3) is 0 Å². The quantitative estimate of drug-likeness (QED) is 0.800. The number of allylic oxidation sites excluding steroid dienone is 3. The minimum Gasteiger partial charge on any atom is -0.389 e. The van der Waals surface area contributed by atoms with E-state index in [4.69, 9.17) is 0 Å². The van der Waals surface area contributed by atoms with E-state index in [2.05, 4.69) is 71.0 Å². The average molecular weight is 392 g/mol. The molecular weight excluding hydrogens is 358 g/mol. The highest BCUT2D eigenvalue weighted by atomic mass is 16.3. The van der Waals surface area contributed by atoms with E-state index in [1.807, 2.05) is 6.08 Å². The van der Waals surface area contributed by atoms with Crippen molar-refractivity contribution in [2.24, 2.45) is 0 Å². The van der Waals surface area contributed by atoms with Gasteiger partial charge < -0.3 is 19.8 Å². The highest BCUT2D eigenvalue weighted by Crippen LogP contribution is 2.35. The third kappa shape index (κ3) is 4.93. The average Bonchev–Trinajstić information content (AvgIpc) is 2.96. The molecule has 4 rings (SSSR count). The zero-order valence-electron chi connectivity index (χ0n) is 17.8. The molecule has 2 fully saturated rings. The molecule has 1 aromatic carbocycles. The largest absolute Gasteiger partial charge is 0.389 e. The lowest BCUT2D eigenvalue weighted by Gasteiger charge is -2.37. The lowest BCUT2D eigenvalue weighted by molar-refractivity contribution is -0.0142. The van der Waals surface area contributed by atoms with Gasteiger partial charge in [-0.05, 0) is 61.9 Å². The van der Waals surface area contributed by atoms with Crippen molar-refractivity contribution in [3.05, 3.63) is 47.6 Å². The molecule has 154 valence electrons. The van der Waals surface area contributed by atoms with Crippen LogP contribution in [0.15, 0.2) is 42.0 Å². The van der Waals surface area contributed by atoms with E-state index in [-0.39, 0.29) is 0 Å². The molecule has 2 heterocycles. The van der Waals surface area contributed by atoms with Crippen LogP contribution in [0.5, 0.6) is 0 Å². The number of likely N-dealkylation sites (N-methyl/N-ethyl adjacent to an activating group) is 1. The Kier molecular flexibility index (Phi) is 6.10. The predicted octanol–water partition coefficient (Wildman–Crippen LogP) is 3.00. The number of benzene rings is 1.